The van der Waals surface area contributed by atoms with E-state index in [1.54, 1.807) is 24.4 Å². The summed E-state index contributed by atoms with van der Waals surface area (Å²) in [4.78, 5) is 4.05. The standard InChI is InChI=1S/C15H18N2O2/c1-10-8-16-7-6-12(10)9-17-11(2)15-13(18)4-3-5-14(15)19/h3-8,11,17-19H,9H2,1-2H3. The fourth-order valence-corrected chi connectivity index (χ4v) is 2.05. The van der Waals surface area contributed by atoms with Crippen LogP contribution in [0.25, 0.3) is 0 Å². The highest BCUT2D eigenvalue weighted by atomic mass is 16.3. The topological polar surface area (TPSA) is 65.4 Å². The van der Waals surface area contributed by atoms with Crippen molar-refractivity contribution >= 4 is 0 Å². The number of benzene rings is 1. The summed E-state index contributed by atoms with van der Waals surface area (Å²) in [6.45, 7) is 4.57. The Labute approximate surface area is 112 Å². The zero-order chi connectivity index (χ0) is 13.8. The van der Waals surface area contributed by atoms with Crippen LogP contribution in [0.2, 0.25) is 0 Å². The summed E-state index contributed by atoms with van der Waals surface area (Å²) in [5.74, 6) is 0.206. The van der Waals surface area contributed by atoms with Gasteiger partial charge in [0.05, 0.1) is 5.56 Å². The van der Waals surface area contributed by atoms with E-state index in [1.807, 2.05) is 26.1 Å². The van der Waals surface area contributed by atoms with Crippen LogP contribution in [-0.4, -0.2) is 15.2 Å². The summed E-state index contributed by atoms with van der Waals surface area (Å²) in [5, 5.41) is 22.9. The van der Waals surface area contributed by atoms with Gasteiger partial charge in [0.1, 0.15) is 11.5 Å². The highest BCUT2D eigenvalue weighted by molar-refractivity contribution is 5.45. The van der Waals surface area contributed by atoms with Gasteiger partial charge in [0.2, 0.25) is 0 Å². The number of nitrogens with zero attached hydrogens (tertiary/aromatic N) is 1. The molecule has 0 saturated heterocycles. The number of pyridine rings is 1. The Bertz CT molecular complexity index is 550. The van der Waals surface area contributed by atoms with Crippen LogP contribution in [0.3, 0.4) is 0 Å². The van der Waals surface area contributed by atoms with E-state index in [0.717, 1.165) is 11.1 Å². The minimum absolute atomic E-state index is 0.103. The van der Waals surface area contributed by atoms with E-state index in [1.165, 1.54) is 0 Å². The number of aromatic hydroxyl groups is 2. The van der Waals surface area contributed by atoms with Crippen LogP contribution in [-0.2, 0) is 6.54 Å². The summed E-state index contributed by atoms with van der Waals surface area (Å²) in [5.41, 5.74) is 2.79. The molecule has 1 atom stereocenters. The number of hydrogen-bond acceptors (Lipinski definition) is 4. The predicted octanol–water partition coefficient (Wildman–Crippen LogP) is 2.65. The normalized spacial score (nSPS) is 12.3. The number of hydrogen-bond donors (Lipinski definition) is 3. The number of phenols is 2. The predicted molar refractivity (Wildman–Crippen MR) is 74.0 cm³/mol. The van der Waals surface area contributed by atoms with Crippen LogP contribution in [0.5, 0.6) is 11.5 Å². The van der Waals surface area contributed by atoms with Gasteiger partial charge in [-0.1, -0.05) is 6.07 Å². The Balaban J connectivity index is 2.10. The molecule has 0 aliphatic carbocycles. The molecule has 0 saturated carbocycles. The molecule has 0 bridgehead atoms. The first-order chi connectivity index (χ1) is 9.09. The molecule has 0 aliphatic rings. The highest BCUT2D eigenvalue weighted by Gasteiger charge is 2.14. The average molecular weight is 258 g/mol. The average Bonchev–Trinajstić information content (AvgIpc) is 2.37. The van der Waals surface area contributed by atoms with Gasteiger partial charge in [0.15, 0.2) is 0 Å². The molecular weight excluding hydrogens is 240 g/mol. The van der Waals surface area contributed by atoms with E-state index in [2.05, 4.69) is 10.3 Å². The monoisotopic (exact) mass is 258 g/mol. The van der Waals surface area contributed by atoms with Crippen molar-refractivity contribution in [2.75, 3.05) is 0 Å². The summed E-state index contributed by atoms with van der Waals surface area (Å²) in [7, 11) is 0. The van der Waals surface area contributed by atoms with Crippen molar-refractivity contribution in [3.63, 3.8) is 0 Å². The first-order valence-corrected chi connectivity index (χ1v) is 6.23. The lowest BCUT2D eigenvalue weighted by Crippen LogP contribution is -2.19. The first-order valence-electron chi connectivity index (χ1n) is 6.23. The van der Waals surface area contributed by atoms with Gasteiger partial charge in [0.25, 0.3) is 0 Å². The van der Waals surface area contributed by atoms with Crippen LogP contribution in [0.4, 0.5) is 0 Å². The number of phenolic OH excluding ortho intramolecular Hbond substituents is 2. The molecule has 100 valence electrons. The maximum absolute atomic E-state index is 9.80. The van der Waals surface area contributed by atoms with Crippen LogP contribution >= 0.6 is 0 Å². The minimum atomic E-state index is -0.145. The van der Waals surface area contributed by atoms with E-state index < -0.39 is 0 Å². The first kappa shape index (κ1) is 13.4. The molecule has 1 unspecified atom stereocenters. The van der Waals surface area contributed by atoms with Crippen molar-refractivity contribution < 1.29 is 10.2 Å². The van der Waals surface area contributed by atoms with Gasteiger partial charge in [-0.15, -0.1) is 0 Å². The second-order valence-corrected chi connectivity index (χ2v) is 4.61. The van der Waals surface area contributed by atoms with Crippen molar-refractivity contribution in [1.82, 2.24) is 10.3 Å². The number of rotatable bonds is 4. The summed E-state index contributed by atoms with van der Waals surface area (Å²) >= 11 is 0. The SMILES string of the molecule is Cc1cnccc1CNC(C)c1c(O)cccc1O. The molecule has 4 heteroatoms. The van der Waals surface area contributed by atoms with Crippen LogP contribution < -0.4 is 5.32 Å². The van der Waals surface area contributed by atoms with Gasteiger partial charge in [-0.25, -0.2) is 0 Å². The molecule has 0 fully saturated rings. The molecule has 3 N–H and O–H groups in total. The molecule has 1 heterocycles. The Morgan fingerprint density at radius 2 is 1.89 bits per heavy atom. The number of nitrogens with one attached hydrogen (secondary N) is 1. The molecule has 0 radical (unpaired) electrons. The lowest BCUT2D eigenvalue weighted by molar-refractivity contribution is 0.418. The molecule has 19 heavy (non-hydrogen) atoms. The van der Waals surface area contributed by atoms with Gasteiger partial charge in [-0.2, -0.15) is 0 Å². The molecule has 1 aromatic heterocycles. The molecule has 1 aromatic carbocycles. The molecule has 2 aromatic rings. The zero-order valence-corrected chi connectivity index (χ0v) is 11.1. The van der Waals surface area contributed by atoms with Gasteiger partial charge < -0.3 is 15.5 Å². The smallest absolute Gasteiger partial charge is 0.124 e. The van der Waals surface area contributed by atoms with E-state index in [-0.39, 0.29) is 17.5 Å². The molecule has 0 aliphatic heterocycles. The Morgan fingerprint density at radius 1 is 1.21 bits per heavy atom. The minimum Gasteiger partial charge on any atom is -0.507 e. The Morgan fingerprint density at radius 3 is 2.53 bits per heavy atom. The van der Waals surface area contributed by atoms with Gasteiger partial charge in [-0.05, 0) is 43.2 Å². The third-order valence-corrected chi connectivity index (χ3v) is 3.23. The Hall–Kier alpha value is -2.07. The molecule has 0 amide bonds. The van der Waals surface area contributed by atoms with E-state index in [9.17, 15) is 10.2 Å². The summed E-state index contributed by atoms with van der Waals surface area (Å²) in [6.07, 6.45) is 3.57. The van der Waals surface area contributed by atoms with Crippen molar-refractivity contribution in [3.05, 3.63) is 53.3 Å². The highest BCUT2D eigenvalue weighted by Crippen LogP contribution is 2.32. The summed E-state index contributed by atoms with van der Waals surface area (Å²) in [6, 6.07) is 6.58. The van der Waals surface area contributed by atoms with Gasteiger partial charge >= 0.3 is 0 Å². The van der Waals surface area contributed by atoms with E-state index >= 15 is 0 Å². The number of aryl methyl sites for hydroxylation is 1. The van der Waals surface area contributed by atoms with Crippen molar-refractivity contribution in [2.45, 2.75) is 26.4 Å². The lowest BCUT2D eigenvalue weighted by Gasteiger charge is -2.17. The lowest BCUT2D eigenvalue weighted by atomic mass is 10.1. The molecule has 0 spiro atoms. The number of aromatic nitrogens is 1. The summed E-state index contributed by atoms with van der Waals surface area (Å²) < 4.78 is 0. The van der Waals surface area contributed by atoms with Crippen molar-refractivity contribution in [3.8, 4) is 11.5 Å². The van der Waals surface area contributed by atoms with Crippen molar-refractivity contribution in [1.29, 1.82) is 0 Å². The van der Waals surface area contributed by atoms with Gasteiger partial charge in [-0.3, -0.25) is 4.98 Å². The second kappa shape index (κ2) is 5.71. The fraction of sp³-hybridized carbons (Fsp3) is 0.267. The Kier molecular flexibility index (Phi) is 4.02. The van der Waals surface area contributed by atoms with Gasteiger partial charge in [0, 0.05) is 25.0 Å². The van der Waals surface area contributed by atoms with Crippen LogP contribution in [0.15, 0.2) is 36.7 Å². The largest absolute Gasteiger partial charge is 0.507 e. The van der Waals surface area contributed by atoms with Crippen LogP contribution in [0.1, 0.15) is 29.7 Å². The maximum Gasteiger partial charge on any atom is 0.124 e. The third-order valence-electron chi connectivity index (χ3n) is 3.23. The van der Waals surface area contributed by atoms with Crippen molar-refractivity contribution in [2.24, 2.45) is 0 Å². The second-order valence-electron chi connectivity index (χ2n) is 4.61. The molecule has 4 nitrogen and oxygen atoms in total. The van der Waals surface area contributed by atoms with Crippen LogP contribution in [0, 0.1) is 6.92 Å². The zero-order valence-electron chi connectivity index (χ0n) is 11.1. The quantitative estimate of drug-likeness (QED) is 0.788. The van der Waals surface area contributed by atoms with E-state index in [4.69, 9.17) is 0 Å². The fourth-order valence-electron chi connectivity index (χ4n) is 2.05. The van der Waals surface area contributed by atoms with E-state index in [0.29, 0.717) is 12.1 Å². The third kappa shape index (κ3) is 3.03. The molecular formula is C15H18N2O2. The maximum atomic E-state index is 9.80. The molecule has 2 rings (SSSR count).